The van der Waals surface area contributed by atoms with E-state index in [0.717, 1.165) is 0 Å². The van der Waals surface area contributed by atoms with E-state index in [0.29, 0.717) is 0 Å². The highest BCUT2D eigenvalue weighted by Crippen LogP contribution is 1.93. The Morgan fingerprint density at radius 1 is 1.00 bits per heavy atom. The van der Waals surface area contributed by atoms with Gasteiger partial charge in [-0.15, -0.1) is 0 Å². The van der Waals surface area contributed by atoms with E-state index in [1.165, 1.54) is 0 Å². The van der Waals surface area contributed by atoms with Gasteiger partial charge in [0.05, 0.1) is 12.2 Å². The number of aliphatic hydroxyl groups is 1. The monoisotopic (exact) mass is 194 g/mol. The second-order valence-electron chi connectivity index (χ2n) is 2.61. The minimum atomic E-state index is 0. The van der Waals surface area contributed by atoms with Crippen LogP contribution < -0.4 is 0 Å². The molecule has 0 aliphatic rings. The van der Waals surface area contributed by atoms with Crippen LogP contribution in [0.15, 0.2) is 0 Å². The van der Waals surface area contributed by atoms with Crippen LogP contribution in [0, 0.1) is 0 Å². The largest absolute Gasteiger partial charge is 0.397 e. The molecule has 0 radical (unpaired) electrons. The first-order chi connectivity index (χ1) is 5.04. The van der Waals surface area contributed by atoms with Gasteiger partial charge in [-0.25, -0.2) is 9.78 Å². The zero-order valence-corrected chi connectivity index (χ0v) is 8.13. The highest BCUT2D eigenvalue weighted by Gasteiger charge is 1.95. The Balaban J connectivity index is -0.000000177. The molecule has 0 aromatic carbocycles. The lowest BCUT2D eigenvalue weighted by molar-refractivity contribution is -0.337. The van der Waals surface area contributed by atoms with Crippen LogP contribution in [0.25, 0.3) is 0 Å². The van der Waals surface area contributed by atoms with Crippen LogP contribution in [0.3, 0.4) is 0 Å². The summed E-state index contributed by atoms with van der Waals surface area (Å²) in [5, 5.41) is 7.57. The minimum absolute atomic E-state index is 0. The lowest BCUT2D eigenvalue weighted by atomic mass is 10.5. The van der Waals surface area contributed by atoms with E-state index in [9.17, 15) is 0 Å². The van der Waals surface area contributed by atoms with Crippen LogP contribution in [-0.4, -0.2) is 41.3 Å². The van der Waals surface area contributed by atoms with Crippen LogP contribution in [-0.2, 0) is 9.78 Å². The molecule has 0 unspecified atom stereocenters. The summed E-state index contributed by atoms with van der Waals surface area (Å²) in [5.74, 6) is 0. The molecule has 3 nitrogen and oxygen atoms in total. The third kappa shape index (κ3) is 31.5. The van der Waals surface area contributed by atoms with Crippen LogP contribution >= 0.6 is 0 Å². The van der Waals surface area contributed by atoms with Gasteiger partial charge in [0.2, 0.25) is 0 Å². The summed E-state index contributed by atoms with van der Waals surface area (Å²) < 4.78 is 0. The minimum Gasteiger partial charge on any atom is -0.397 e. The van der Waals surface area contributed by atoms with Crippen molar-refractivity contribution in [1.29, 1.82) is 0 Å². The van der Waals surface area contributed by atoms with Gasteiger partial charge in [-0.2, -0.15) is 0 Å². The van der Waals surface area contributed by atoms with Crippen molar-refractivity contribution in [2.75, 3.05) is 6.61 Å². The zero-order chi connectivity index (χ0) is 9.28. The van der Waals surface area contributed by atoms with Crippen molar-refractivity contribution in [3.63, 3.8) is 0 Å². The van der Waals surface area contributed by atoms with E-state index in [1.54, 1.807) is 6.92 Å². The van der Waals surface area contributed by atoms with Crippen molar-refractivity contribution in [3.8, 4) is 0 Å². The van der Waals surface area contributed by atoms with Crippen molar-refractivity contribution < 1.29 is 14.9 Å². The third-order valence-corrected chi connectivity index (χ3v) is 0.440. The van der Waals surface area contributed by atoms with Crippen LogP contribution in [0.4, 0.5) is 0 Å². The van der Waals surface area contributed by atoms with Gasteiger partial charge in [-0.1, -0.05) is 0 Å². The fourth-order valence-electron chi connectivity index (χ4n) is 0.222. The van der Waals surface area contributed by atoms with Gasteiger partial charge in [0.1, 0.15) is 0 Å². The maximum atomic E-state index is 7.57. The quantitative estimate of drug-likeness (QED) is 0.405. The summed E-state index contributed by atoms with van der Waals surface area (Å²) in [6.45, 7) is 9.66. The summed E-state index contributed by atoms with van der Waals surface area (Å²) >= 11 is 0. The standard InChI is InChI=1S/C6H14O2.C2H6O.Al.3H/c1-5(2)7-8-6(3)4;1-2-3;;;;/h5-6H,1-4H3;3H,2H2,1H3;;;;. The van der Waals surface area contributed by atoms with Gasteiger partial charge < -0.3 is 5.11 Å². The van der Waals surface area contributed by atoms with Gasteiger partial charge in [0, 0.05) is 6.61 Å². The molecule has 0 atom stereocenters. The first kappa shape index (κ1) is 18.2. The second kappa shape index (κ2) is 14.0. The lowest BCUT2D eigenvalue weighted by Gasteiger charge is -2.08. The summed E-state index contributed by atoms with van der Waals surface area (Å²) in [5.41, 5.74) is 0. The molecule has 0 spiro atoms. The lowest BCUT2D eigenvalue weighted by Crippen LogP contribution is -2.08. The van der Waals surface area contributed by atoms with Crippen LogP contribution in [0.2, 0.25) is 0 Å². The van der Waals surface area contributed by atoms with Crippen molar-refractivity contribution in [2.24, 2.45) is 0 Å². The molecule has 4 heteroatoms. The first-order valence-electron chi connectivity index (χ1n) is 3.97. The van der Waals surface area contributed by atoms with Crippen molar-refractivity contribution in [2.45, 2.75) is 46.8 Å². The molecule has 0 aromatic rings. The SMILES string of the molecule is CC(C)OOC(C)C.CCO.[AlH3]. The maximum absolute atomic E-state index is 7.57. The van der Waals surface area contributed by atoms with E-state index in [2.05, 4.69) is 0 Å². The fraction of sp³-hybridized carbons (Fsp3) is 1.00. The molecule has 0 aromatic heterocycles. The molecule has 0 rings (SSSR count). The summed E-state index contributed by atoms with van der Waals surface area (Å²) in [6.07, 6.45) is 0.329. The summed E-state index contributed by atoms with van der Waals surface area (Å²) in [6, 6.07) is 0. The zero-order valence-electron chi connectivity index (χ0n) is 8.13. The topological polar surface area (TPSA) is 38.7 Å². The Bertz CT molecular complexity index is 59.3. The van der Waals surface area contributed by atoms with E-state index in [-0.39, 0.29) is 36.2 Å². The number of aliphatic hydroxyl groups excluding tert-OH is 1. The van der Waals surface area contributed by atoms with E-state index >= 15 is 0 Å². The normalized spacial score (nSPS) is 9.00. The molecule has 0 aliphatic carbocycles. The Labute approximate surface area is 86.1 Å². The van der Waals surface area contributed by atoms with Crippen molar-refractivity contribution >= 4 is 17.4 Å². The molecule has 0 saturated carbocycles. The average molecular weight is 194 g/mol. The molecule has 0 saturated heterocycles. The summed E-state index contributed by atoms with van der Waals surface area (Å²) in [7, 11) is 0. The second-order valence-corrected chi connectivity index (χ2v) is 2.61. The Morgan fingerprint density at radius 2 is 1.17 bits per heavy atom. The highest BCUT2D eigenvalue weighted by molar-refractivity contribution is 5.75. The molecular formula is C8H23AlO3. The molecule has 1 N–H and O–H groups in total. The molecular weight excluding hydrogens is 171 g/mol. The summed E-state index contributed by atoms with van der Waals surface area (Å²) in [4.78, 5) is 9.61. The molecule has 12 heavy (non-hydrogen) atoms. The van der Waals surface area contributed by atoms with E-state index in [4.69, 9.17) is 14.9 Å². The smallest absolute Gasteiger partial charge is 0.187 e. The van der Waals surface area contributed by atoms with E-state index in [1.807, 2.05) is 27.7 Å². The van der Waals surface area contributed by atoms with Crippen molar-refractivity contribution in [1.82, 2.24) is 0 Å². The third-order valence-electron chi connectivity index (χ3n) is 0.440. The predicted molar refractivity (Wildman–Crippen MR) is 55.1 cm³/mol. The Morgan fingerprint density at radius 3 is 1.25 bits per heavy atom. The molecule has 76 valence electrons. The van der Waals surface area contributed by atoms with Crippen LogP contribution in [0.1, 0.15) is 34.6 Å². The number of rotatable bonds is 3. The van der Waals surface area contributed by atoms with Gasteiger partial charge >= 0.3 is 0 Å². The number of hydrogen-bond donors (Lipinski definition) is 1. The van der Waals surface area contributed by atoms with Gasteiger partial charge in [-0.3, -0.25) is 0 Å². The Kier molecular flexibility index (Phi) is 21.2. The molecule has 0 heterocycles. The predicted octanol–water partition coefficient (Wildman–Crippen LogP) is 0.566. The molecule has 0 amide bonds. The molecule has 0 bridgehead atoms. The molecule has 0 aliphatic heterocycles. The van der Waals surface area contributed by atoms with Gasteiger partial charge in [-0.05, 0) is 34.6 Å². The number of hydrogen-bond acceptors (Lipinski definition) is 3. The maximum Gasteiger partial charge on any atom is 0.187 e. The first-order valence-corrected chi connectivity index (χ1v) is 3.97. The van der Waals surface area contributed by atoms with E-state index < -0.39 is 0 Å². The average Bonchev–Trinajstić information content (AvgIpc) is 1.85. The van der Waals surface area contributed by atoms with Gasteiger partial charge in [0.25, 0.3) is 0 Å². The van der Waals surface area contributed by atoms with Crippen LogP contribution in [0.5, 0.6) is 0 Å². The Hall–Kier alpha value is 0.412. The van der Waals surface area contributed by atoms with Crippen molar-refractivity contribution in [3.05, 3.63) is 0 Å². The molecule has 0 fully saturated rings. The fourth-order valence-corrected chi connectivity index (χ4v) is 0.222. The highest BCUT2D eigenvalue weighted by atomic mass is 27.0. The van der Waals surface area contributed by atoms with Gasteiger partial charge in [0.15, 0.2) is 17.4 Å².